The Balaban J connectivity index is 1.31. The third-order valence-electron chi connectivity index (χ3n) is 5.11. The predicted octanol–water partition coefficient (Wildman–Crippen LogP) is 2.72. The molecular formula is C20H24N6OS. The fraction of sp³-hybridized carbons (Fsp3) is 0.400. The molecule has 0 aliphatic carbocycles. The Morgan fingerprint density at radius 2 is 2.14 bits per heavy atom. The average Bonchev–Trinajstić information content (AvgIpc) is 3.17. The highest BCUT2D eigenvalue weighted by Gasteiger charge is 2.22. The molecule has 7 nitrogen and oxygen atoms in total. The van der Waals surface area contributed by atoms with Crippen molar-refractivity contribution in [2.45, 2.75) is 24.5 Å². The molecule has 3 heterocycles. The number of amides is 1. The molecule has 4 rings (SSSR count). The van der Waals surface area contributed by atoms with Gasteiger partial charge in [0.15, 0.2) is 10.9 Å². The second-order valence-electron chi connectivity index (χ2n) is 7.15. The summed E-state index contributed by atoms with van der Waals surface area (Å²) in [6.45, 7) is 3.55. The number of likely N-dealkylation sites (tertiary alicyclic amines) is 1. The van der Waals surface area contributed by atoms with Gasteiger partial charge >= 0.3 is 0 Å². The number of aromatic nitrogens is 4. The molecular weight excluding hydrogens is 372 g/mol. The van der Waals surface area contributed by atoms with Crippen LogP contribution in [0.25, 0.3) is 10.9 Å². The minimum absolute atomic E-state index is 0.115. The van der Waals surface area contributed by atoms with Crippen molar-refractivity contribution in [3.05, 3.63) is 47.9 Å². The Bertz CT molecular complexity index is 941. The van der Waals surface area contributed by atoms with Crippen LogP contribution in [0.5, 0.6) is 0 Å². The first-order valence-electron chi connectivity index (χ1n) is 9.51. The van der Waals surface area contributed by atoms with Crippen molar-refractivity contribution in [3.8, 4) is 0 Å². The molecule has 1 fully saturated rings. The summed E-state index contributed by atoms with van der Waals surface area (Å²) in [6, 6.07) is 7.69. The van der Waals surface area contributed by atoms with Gasteiger partial charge in [0, 0.05) is 43.0 Å². The Kier molecular flexibility index (Phi) is 5.87. The zero-order valence-electron chi connectivity index (χ0n) is 15.9. The van der Waals surface area contributed by atoms with Gasteiger partial charge in [-0.15, -0.1) is 0 Å². The number of benzene rings is 1. The number of aromatic amines is 1. The highest BCUT2D eigenvalue weighted by atomic mass is 32.2. The molecule has 1 aromatic carbocycles. The highest BCUT2D eigenvalue weighted by molar-refractivity contribution is 7.98. The first kappa shape index (κ1) is 18.9. The van der Waals surface area contributed by atoms with E-state index < -0.39 is 0 Å². The Hall–Kier alpha value is -2.45. The smallest absolute Gasteiger partial charge is 0.272 e. The number of thioether (sulfide) groups is 1. The van der Waals surface area contributed by atoms with Crippen molar-refractivity contribution < 1.29 is 4.79 Å². The first-order chi connectivity index (χ1) is 13.7. The van der Waals surface area contributed by atoms with E-state index in [0.29, 0.717) is 18.2 Å². The number of nitrogens with one attached hydrogen (secondary N) is 2. The summed E-state index contributed by atoms with van der Waals surface area (Å²) >= 11 is 1.55. The quantitative estimate of drug-likeness (QED) is 0.492. The minimum Gasteiger partial charge on any atom is -0.350 e. The van der Waals surface area contributed by atoms with Gasteiger partial charge in [0.05, 0.1) is 5.52 Å². The maximum Gasteiger partial charge on any atom is 0.272 e. The van der Waals surface area contributed by atoms with Crippen LogP contribution in [0.15, 0.2) is 41.8 Å². The van der Waals surface area contributed by atoms with Crippen LogP contribution in [-0.2, 0) is 6.54 Å². The molecule has 2 aromatic heterocycles. The van der Waals surface area contributed by atoms with E-state index in [0.717, 1.165) is 54.1 Å². The van der Waals surface area contributed by atoms with Crippen LogP contribution >= 0.6 is 11.8 Å². The van der Waals surface area contributed by atoms with E-state index in [4.69, 9.17) is 0 Å². The summed E-state index contributed by atoms with van der Waals surface area (Å²) in [7, 11) is 0. The summed E-state index contributed by atoms with van der Waals surface area (Å²) in [6.07, 6.45) is 8.06. The highest BCUT2D eigenvalue weighted by Crippen LogP contribution is 2.19. The van der Waals surface area contributed by atoms with Crippen LogP contribution in [-0.4, -0.2) is 56.9 Å². The van der Waals surface area contributed by atoms with Crippen LogP contribution in [0.3, 0.4) is 0 Å². The van der Waals surface area contributed by atoms with E-state index in [1.165, 1.54) is 0 Å². The van der Waals surface area contributed by atoms with Gasteiger partial charge in [-0.25, -0.2) is 9.97 Å². The number of carbonyl (C=O) groups excluding carboxylic acids is 1. The number of carbonyl (C=O) groups is 1. The monoisotopic (exact) mass is 396 g/mol. The molecule has 1 aliphatic heterocycles. The summed E-state index contributed by atoms with van der Waals surface area (Å²) in [5.41, 5.74) is 2.48. The Labute approximate surface area is 168 Å². The number of hydrogen-bond donors (Lipinski definition) is 2. The fourth-order valence-corrected chi connectivity index (χ4v) is 4.02. The van der Waals surface area contributed by atoms with E-state index in [1.54, 1.807) is 11.8 Å². The lowest BCUT2D eigenvalue weighted by molar-refractivity contribution is 0.0927. The summed E-state index contributed by atoms with van der Waals surface area (Å²) in [4.78, 5) is 23.7. The number of hydrogen-bond acceptors (Lipinski definition) is 6. The molecule has 0 spiro atoms. The lowest BCUT2D eigenvalue weighted by Gasteiger charge is -2.32. The predicted molar refractivity (Wildman–Crippen MR) is 110 cm³/mol. The van der Waals surface area contributed by atoms with Gasteiger partial charge in [-0.2, -0.15) is 5.10 Å². The molecule has 0 radical (unpaired) electrons. The lowest BCUT2D eigenvalue weighted by atomic mass is 9.97. The molecule has 1 atom stereocenters. The van der Waals surface area contributed by atoms with Gasteiger partial charge in [-0.05, 0) is 37.6 Å². The molecule has 0 bridgehead atoms. The number of H-pyrrole nitrogens is 1. The van der Waals surface area contributed by atoms with Gasteiger partial charge in [0.2, 0.25) is 0 Å². The summed E-state index contributed by atoms with van der Waals surface area (Å²) in [5, 5.41) is 11.8. The second-order valence-corrected chi connectivity index (χ2v) is 7.92. The summed E-state index contributed by atoms with van der Waals surface area (Å²) < 4.78 is 0. The van der Waals surface area contributed by atoms with Crippen molar-refractivity contribution in [2.75, 3.05) is 25.9 Å². The Morgan fingerprint density at radius 1 is 1.32 bits per heavy atom. The van der Waals surface area contributed by atoms with E-state index in [2.05, 4.69) is 30.4 Å². The SMILES string of the molecule is CSc1ncc(CN2CCCC(CNC(=O)c3n[nH]c4ccccc34)C2)cn1. The topological polar surface area (TPSA) is 86.8 Å². The van der Waals surface area contributed by atoms with Crippen molar-refractivity contribution in [1.29, 1.82) is 0 Å². The Morgan fingerprint density at radius 3 is 2.96 bits per heavy atom. The van der Waals surface area contributed by atoms with Crippen molar-refractivity contribution in [1.82, 2.24) is 30.4 Å². The number of para-hydroxylation sites is 1. The maximum atomic E-state index is 12.6. The second kappa shape index (κ2) is 8.70. The van der Waals surface area contributed by atoms with E-state index in [-0.39, 0.29) is 5.91 Å². The third-order valence-corrected chi connectivity index (χ3v) is 5.69. The lowest BCUT2D eigenvalue weighted by Crippen LogP contribution is -2.40. The molecule has 1 unspecified atom stereocenters. The average molecular weight is 397 g/mol. The molecule has 3 aromatic rings. The zero-order valence-corrected chi connectivity index (χ0v) is 16.7. The standard InChI is InChI=1S/C20H24N6OS/c1-28-20-22-10-15(11-23-20)13-26-8-4-5-14(12-26)9-21-19(27)18-16-6-2-3-7-17(16)24-25-18/h2-3,6-7,10-11,14H,4-5,8-9,12-13H2,1H3,(H,21,27)(H,24,25). The molecule has 146 valence electrons. The van der Waals surface area contributed by atoms with Gasteiger partial charge in [0.25, 0.3) is 5.91 Å². The van der Waals surface area contributed by atoms with Crippen LogP contribution in [0.1, 0.15) is 28.9 Å². The van der Waals surface area contributed by atoms with Crippen LogP contribution in [0.2, 0.25) is 0 Å². The van der Waals surface area contributed by atoms with Gasteiger partial charge in [0.1, 0.15) is 0 Å². The van der Waals surface area contributed by atoms with E-state index in [9.17, 15) is 4.79 Å². The van der Waals surface area contributed by atoms with Crippen molar-refractivity contribution in [2.24, 2.45) is 5.92 Å². The number of piperidine rings is 1. The minimum atomic E-state index is -0.115. The number of nitrogens with zero attached hydrogens (tertiary/aromatic N) is 4. The van der Waals surface area contributed by atoms with Crippen LogP contribution in [0.4, 0.5) is 0 Å². The molecule has 8 heteroatoms. The van der Waals surface area contributed by atoms with E-state index in [1.807, 2.05) is 42.9 Å². The van der Waals surface area contributed by atoms with Gasteiger partial charge in [-0.1, -0.05) is 30.0 Å². The summed E-state index contributed by atoms with van der Waals surface area (Å²) in [5.74, 6) is 0.324. The molecule has 1 aliphatic rings. The maximum absolute atomic E-state index is 12.6. The van der Waals surface area contributed by atoms with Gasteiger partial charge < -0.3 is 5.32 Å². The normalized spacial score (nSPS) is 17.7. The van der Waals surface area contributed by atoms with Crippen LogP contribution in [0, 0.1) is 5.92 Å². The fourth-order valence-electron chi connectivity index (χ4n) is 3.71. The molecule has 1 amide bonds. The first-order valence-corrected chi connectivity index (χ1v) is 10.7. The number of rotatable bonds is 6. The van der Waals surface area contributed by atoms with Gasteiger partial charge in [-0.3, -0.25) is 14.8 Å². The van der Waals surface area contributed by atoms with Crippen molar-refractivity contribution >= 4 is 28.6 Å². The largest absolute Gasteiger partial charge is 0.350 e. The number of fused-ring (bicyclic) bond motifs is 1. The third kappa shape index (κ3) is 4.34. The van der Waals surface area contributed by atoms with E-state index >= 15 is 0 Å². The molecule has 1 saturated heterocycles. The molecule has 0 saturated carbocycles. The van der Waals surface area contributed by atoms with Crippen LogP contribution < -0.4 is 5.32 Å². The van der Waals surface area contributed by atoms with Crippen molar-refractivity contribution in [3.63, 3.8) is 0 Å². The molecule has 28 heavy (non-hydrogen) atoms. The molecule has 2 N–H and O–H groups in total. The zero-order chi connectivity index (χ0) is 19.3.